The Morgan fingerprint density at radius 3 is 0.934 bits per heavy atom. The molecule has 37 heteroatoms. The second-order valence-electron chi connectivity index (χ2n) is 14.6. The number of hydrogen-bond donors (Lipinski definition) is 4. The van der Waals surface area contributed by atoms with Crippen LogP contribution in [-0.4, -0.2) is 95.7 Å². The molecule has 0 bridgehead atoms. The van der Waals surface area contributed by atoms with Crippen LogP contribution in [-0.2, 0) is 73.6 Å². The van der Waals surface area contributed by atoms with E-state index < -0.39 is 141 Å². The van der Waals surface area contributed by atoms with Crippen LogP contribution in [0.2, 0.25) is 0 Å². The van der Waals surface area contributed by atoms with Gasteiger partial charge >= 0.3 is 183 Å². The van der Waals surface area contributed by atoms with Crippen molar-refractivity contribution in [1.29, 1.82) is 0 Å². The summed E-state index contributed by atoms with van der Waals surface area (Å²) in [4.78, 5) is 32.7. The number of carbonyl (C=O) groups excluding carboxylic acids is 3. The molecular formula is C39H28N4Na6O21S6. The predicted octanol–water partition coefficient (Wildman–Crippen LogP) is -15.3. The third-order valence-corrected chi connectivity index (χ3v) is 15.3. The van der Waals surface area contributed by atoms with Crippen LogP contribution in [0.15, 0.2) is 114 Å². The number of aryl methyl sites for hydroxylation is 2. The molecule has 0 aromatic heterocycles. The molecule has 0 aliphatic rings. The Morgan fingerprint density at radius 1 is 0.368 bits per heavy atom. The van der Waals surface area contributed by atoms with E-state index in [1.165, 1.54) is 24.3 Å². The van der Waals surface area contributed by atoms with Crippen molar-refractivity contribution in [2.24, 2.45) is 0 Å². The molecule has 25 nitrogen and oxygen atoms in total. The van der Waals surface area contributed by atoms with Crippen molar-refractivity contribution < 1.29 is 270 Å². The van der Waals surface area contributed by atoms with Crippen molar-refractivity contribution >= 4 is 123 Å². The maximum atomic E-state index is 13.7. The van der Waals surface area contributed by atoms with Crippen LogP contribution in [0.4, 0.5) is 27.5 Å². The standard InChI is InChI=1S/C39H34N4O21S6.6Na/c1-3-19-5-7-21(37(44)40-27-9-11-31(67(53,54)55)25-15-23(65(47,48)49)17-33(35(25)27)69(59,60)61)13-29(19)42-39(46)43-30-14-22(8-6-20(30)4-2)38(45)41-28-10-12-32(68(56,57)58)26-16-24(66(50,51)52)18-34(36(26)28)70(62,63)64;;;;;;/h5-18H,3-4H2,1-2H3,(H,40,44)(H,41,45)(H2,42,43,46)(H,47,48,49)(H,50,51,52)(H,53,54,55)(H,56,57,58)(H,59,60,61)(H,62,63,64);;;;;;/q;6*+1/p-6. The molecule has 0 fully saturated rings. The molecule has 0 saturated carbocycles. The fourth-order valence-electron chi connectivity index (χ4n) is 7.07. The molecule has 0 spiro atoms. The number of urea groups is 1. The van der Waals surface area contributed by atoms with Gasteiger partial charge in [-0.05, 0) is 96.8 Å². The van der Waals surface area contributed by atoms with Gasteiger partial charge in [0.1, 0.15) is 60.7 Å². The van der Waals surface area contributed by atoms with E-state index in [2.05, 4.69) is 21.3 Å². The Morgan fingerprint density at radius 2 is 0.671 bits per heavy atom. The van der Waals surface area contributed by atoms with Gasteiger partial charge in [0.25, 0.3) is 11.8 Å². The quantitative estimate of drug-likeness (QED) is 0.0581. The van der Waals surface area contributed by atoms with Crippen LogP contribution < -0.4 is 199 Å². The Hall–Kier alpha value is -0.490. The number of carbonyl (C=O) groups is 3. The third kappa shape index (κ3) is 17.8. The summed E-state index contributed by atoms with van der Waals surface area (Å²) in [5, 5.41) is 5.63. The van der Waals surface area contributed by atoms with Crippen molar-refractivity contribution in [1.82, 2.24) is 0 Å². The molecule has 76 heavy (non-hydrogen) atoms. The molecule has 0 aliphatic heterocycles. The van der Waals surface area contributed by atoms with Gasteiger partial charge in [-0.25, -0.2) is 55.3 Å². The topological polar surface area (TPSA) is 443 Å². The summed E-state index contributed by atoms with van der Waals surface area (Å²) in [6.07, 6.45) is 0.442. The number of amides is 4. The summed E-state index contributed by atoms with van der Waals surface area (Å²) < 4.78 is 218. The van der Waals surface area contributed by atoms with E-state index in [0.29, 0.717) is 35.4 Å². The van der Waals surface area contributed by atoms with Crippen LogP contribution in [0, 0.1) is 0 Å². The number of rotatable bonds is 14. The Bertz CT molecular complexity index is 3750. The maximum absolute atomic E-state index is 13.7. The minimum absolute atomic E-state index is 0. The molecule has 0 radical (unpaired) electrons. The van der Waals surface area contributed by atoms with Crippen LogP contribution in [0.3, 0.4) is 0 Å². The van der Waals surface area contributed by atoms with E-state index in [1.807, 2.05) is 0 Å². The fourth-order valence-corrected chi connectivity index (χ4v) is 11.1. The van der Waals surface area contributed by atoms with E-state index >= 15 is 0 Å². The molecule has 6 aromatic carbocycles. The average Bonchev–Trinajstić information content (AvgIpc) is 3.23. The van der Waals surface area contributed by atoms with Gasteiger partial charge in [-0.3, -0.25) is 9.59 Å². The van der Waals surface area contributed by atoms with Crippen molar-refractivity contribution in [2.45, 2.75) is 56.1 Å². The first kappa shape index (κ1) is 75.5. The first-order valence-corrected chi connectivity index (χ1v) is 27.5. The molecule has 4 amide bonds. The van der Waals surface area contributed by atoms with Crippen LogP contribution in [0.25, 0.3) is 21.5 Å². The fraction of sp³-hybridized carbons (Fsp3) is 0.103. The number of fused-ring (bicyclic) bond motifs is 2. The minimum Gasteiger partial charge on any atom is -0.744 e. The molecule has 0 aliphatic carbocycles. The first-order chi connectivity index (χ1) is 32.1. The smallest absolute Gasteiger partial charge is 0.744 e. The van der Waals surface area contributed by atoms with Crippen molar-refractivity contribution in [3.05, 3.63) is 107 Å². The summed E-state index contributed by atoms with van der Waals surface area (Å²) in [5.74, 6) is -2.22. The Balaban J connectivity index is 0.00000937. The predicted molar refractivity (Wildman–Crippen MR) is 236 cm³/mol. The number of anilines is 4. The number of hydrogen-bond acceptors (Lipinski definition) is 21. The van der Waals surface area contributed by atoms with Gasteiger partial charge in [-0.1, -0.05) is 26.0 Å². The monoisotopic (exact) mass is 1220 g/mol. The van der Waals surface area contributed by atoms with Gasteiger partial charge in [0.2, 0.25) is 0 Å². The van der Waals surface area contributed by atoms with E-state index in [4.69, 9.17) is 0 Å². The molecule has 372 valence electrons. The SMILES string of the molecule is CCc1ccc(C(=O)Nc2ccc(S(=O)(=O)[O-])c3cc(S(=O)(=O)[O-])cc(S(=O)(=O)[O-])c23)cc1NC(=O)Nc1cc(C(=O)Nc2ccc(S(=O)(=O)[O-])c3cc(S(=O)(=O)[O-])cc(S(=O)(=O)[O-])c23)ccc1CC.[Na+].[Na+].[Na+].[Na+].[Na+].[Na+]. The van der Waals surface area contributed by atoms with Crippen LogP contribution >= 0.6 is 0 Å². The minimum atomic E-state index is -5.77. The third-order valence-electron chi connectivity index (χ3n) is 10.2. The number of nitrogens with one attached hydrogen (secondary N) is 4. The Kier molecular flexibility index (Phi) is 28.5. The maximum Gasteiger partial charge on any atom is 1.00 e. The van der Waals surface area contributed by atoms with Gasteiger partial charge in [0.15, 0.2) is 0 Å². The summed E-state index contributed by atoms with van der Waals surface area (Å²) in [6.45, 7) is 3.32. The number of benzene rings is 6. The zero-order valence-electron chi connectivity index (χ0n) is 41.0. The molecule has 6 aromatic rings. The van der Waals surface area contributed by atoms with Crippen molar-refractivity contribution in [3.8, 4) is 0 Å². The first-order valence-electron chi connectivity index (χ1n) is 19.1. The second kappa shape index (κ2) is 28.7. The van der Waals surface area contributed by atoms with Crippen molar-refractivity contribution in [2.75, 3.05) is 21.3 Å². The summed E-state index contributed by atoms with van der Waals surface area (Å²) >= 11 is 0. The average molecular weight is 1220 g/mol. The normalized spacial score (nSPS) is 11.7. The van der Waals surface area contributed by atoms with Gasteiger partial charge in [-0.15, -0.1) is 0 Å². The van der Waals surface area contributed by atoms with E-state index in [0.717, 1.165) is 24.3 Å². The van der Waals surface area contributed by atoms with Crippen LogP contribution in [0.5, 0.6) is 0 Å². The zero-order chi connectivity index (χ0) is 52.3. The molecule has 0 atom stereocenters. The molecule has 0 unspecified atom stereocenters. The molecule has 6 rings (SSSR count). The summed E-state index contributed by atoms with van der Waals surface area (Å²) in [5.41, 5.74) is -1.10. The second-order valence-corrected chi connectivity index (χ2v) is 22.7. The summed E-state index contributed by atoms with van der Waals surface area (Å²) in [6, 6.07) is 10.0. The molecule has 0 heterocycles. The van der Waals surface area contributed by atoms with E-state index in [1.54, 1.807) is 13.8 Å². The van der Waals surface area contributed by atoms with Gasteiger partial charge in [-0.2, -0.15) is 0 Å². The largest absolute Gasteiger partial charge is 1.00 e. The van der Waals surface area contributed by atoms with Crippen LogP contribution in [0.1, 0.15) is 45.7 Å². The van der Waals surface area contributed by atoms with E-state index in [9.17, 15) is 92.2 Å². The summed E-state index contributed by atoms with van der Waals surface area (Å²) in [7, 11) is -33.8. The van der Waals surface area contributed by atoms with Crippen molar-refractivity contribution in [3.63, 3.8) is 0 Å². The van der Waals surface area contributed by atoms with Gasteiger partial charge in [0, 0.05) is 44.0 Å². The van der Waals surface area contributed by atoms with Gasteiger partial charge < -0.3 is 48.6 Å². The molecule has 0 saturated heterocycles. The molecule has 4 N–H and O–H groups in total. The van der Waals surface area contributed by atoms with Gasteiger partial charge in [0.05, 0.1) is 40.7 Å². The molecular weight excluding hydrogens is 1190 g/mol. The zero-order valence-corrected chi connectivity index (χ0v) is 57.9. The Labute approximate surface area is 567 Å². The van der Waals surface area contributed by atoms with E-state index in [-0.39, 0.29) is 225 Å².